The molecule has 2 nitrogen and oxygen atoms in total. The van der Waals surface area contributed by atoms with E-state index in [9.17, 15) is 22.4 Å². The van der Waals surface area contributed by atoms with Crippen molar-refractivity contribution in [3.8, 4) is 0 Å². The van der Waals surface area contributed by atoms with Gasteiger partial charge < -0.3 is 5.11 Å². The molecule has 0 aliphatic carbocycles. The minimum absolute atomic E-state index is 0.226. The number of hydrogen-bond donors (Lipinski definition) is 1. The molecule has 1 N–H and O–H groups in total. The minimum atomic E-state index is -4.58. The van der Waals surface area contributed by atoms with Crippen LogP contribution in [0.5, 0.6) is 0 Å². The molecule has 18 heavy (non-hydrogen) atoms. The van der Waals surface area contributed by atoms with Crippen molar-refractivity contribution in [3.63, 3.8) is 0 Å². The maximum atomic E-state index is 12.9. The molecule has 0 bridgehead atoms. The summed E-state index contributed by atoms with van der Waals surface area (Å²) in [6, 6.07) is 4.92. The first kappa shape index (κ1) is 14.5. The summed E-state index contributed by atoms with van der Waals surface area (Å²) in [5.41, 5.74) is -1.77. The molecule has 0 fully saturated rings. The minimum Gasteiger partial charge on any atom is -0.481 e. The van der Waals surface area contributed by atoms with Gasteiger partial charge in [0.05, 0.1) is 11.8 Å². The molecule has 0 amide bonds. The van der Waals surface area contributed by atoms with E-state index in [1.54, 1.807) is 0 Å². The van der Waals surface area contributed by atoms with Crippen LogP contribution in [-0.2, 0) is 11.2 Å². The Morgan fingerprint density at radius 2 is 1.94 bits per heavy atom. The number of halogens is 4. The van der Waals surface area contributed by atoms with Crippen LogP contribution >= 0.6 is 0 Å². The van der Waals surface area contributed by atoms with E-state index in [1.165, 1.54) is 12.1 Å². The Morgan fingerprint density at radius 3 is 2.39 bits per heavy atom. The Balaban J connectivity index is 2.96. The summed E-state index contributed by atoms with van der Waals surface area (Å²) in [5.74, 6) is -2.16. The third kappa shape index (κ3) is 4.01. The highest BCUT2D eigenvalue weighted by Gasteiger charge is 2.44. The lowest BCUT2D eigenvalue weighted by Gasteiger charge is -2.26. The number of benzene rings is 1. The molecular weight excluding hydrogens is 252 g/mol. The maximum absolute atomic E-state index is 12.9. The van der Waals surface area contributed by atoms with E-state index in [4.69, 9.17) is 5.11 Å². The van der Waals surface area contributed by atoms with Gasteiger partial charge in [0.2, 0.25) is 0 Å². The first-order valence-electron chi connectivity index (χ1n) is 5.17. The second kappa shape index (κ2) is 4.96. The van der Waals surface area contributed by atoms with Gasteiger partial charge in [0.15, 0.2) is 0 Å². The van der Waals surface area contributed by atoms with Gasteiger partial charge in [-0.1, -0.05) is 12.1 Å². The summed E-state index contributed by atoms with van der Waals surface area (Å²) in [7, 11) is 0. The quantitative estimate of drug-likeness (QED) is 0.846. The van der Waals surface area contributed by atoms with Crippen LogP contribution in [0.25, 0.3) is 0 Å². The van der Waals surface area contributed by atoms with E-state index >= 15 is 0 Å². The second-order valence-corrected chi connectivity index (χ2v) is 4.46. The molecule has 0 aromatic heterocycles. The van der Waals surface area contributed by atoms with Gasteiger partial charge in [-0.05, 0) is 31.0 Å². The molecule has 1 aromatic carbocycles. The monoisotopic (exact) mass is 264 g/mol. The number of hydrogen-bond acceptors (Lipinski definition) is 1. The maximum Gasteiger partial charge on any atom is 0.390 e. The molecule has 0 heterocycles. The van der Waals surface area contributed by atoms with E-state index in [2.05, 4.69) is 0 Å². The summed E-state index contributed by atoms with van der Waals surface area (Å²) in [6.45, 7) is 1.01. The van der Waals surface area contributed by atoms with E-state index < -0.39 is 29.8 Å². The van der Waals surface area contributed by atoms with Crippen molar-refractivity contribution in [2.24, 2.45) is 5.41 Å². The van der Waals surface area contributed by atoms with Crippen LogP contribution in [0.1, 0.15) is 18.9 Å². The predicted octanol–water partition coefficient (Wildman–Crippen LogP) is 3.41. The fourth-order valence-electron chi connectivity index (χ4n) is 1.75. The summed E-state index contributed by atoms with van der Waals surface area (Å²) in [5, 5.41) is 8.93. The van der Waals surface area contributed by atoms with Crippen molar-refractivity contribution in [1.82, 2.24) is 0 Å². The van der Waals surface area contributed by atoms with Crippen LogP contribution in [0.4, 0.5) is 17.6 Å². The average molecular weight is 264 g/mol. The number of alkyl halides is 3. The summed E-state index contributed by atoms with van der Waals surface area (Å²) in [4.78, 5) is 11.0. The topological polar surface area (TPSA) is 37.3 Å². The molecule has 0 aliphatic heterocycles. The predicted molar refractivity (Wildman–Crippen MR) is 56.5 cm³/mol. The highest BCUT2D eigenvalue weighted by atomic mass is 19.4. The van der Waals surface area contributed by atoms with Crippen LogP contribution in [0.3, 0.4) is 0 Å². The summed E-state index contributed by atoms with van der Waals surface area (Å²) >= 11 is 0. The zero-order valence-corrected chi connectivity index (χ0v) is 9.59. The standard InChI is InChI=1S/C12H12F4O2/c1-11(10(17)18,7-12(14,15)16)6-8-3-2-4-9(13)5-8/h2-5H,6-7H2,1H3,(H,17,18)/t11-/m0/s1. The molecule has 0 saturated carbocycles. The molecule has 0 spiro atoms. The van der Waals surface area contributed by atoms with Gasteiger partial charge in [-0.3, -0.25) is 4.79 Å². The van der Waals surface area contributed by atoms with Gasteiger partial charge in [0.1, 0.15) is 5.82 Å². The fraction of sp³-hybridized carbons (Fsp3) is 0.417. The van der Waals surface area contributed by atoms with Crippen molar-refractivity contribution in [2.45, 2.75) is 25.9 Å². The van der Waals surface area contributed by atoms with Crippen molar-refractivity contribution in [3.05, 3.63) is 35.6 Å². The lowest BCUT2D eigenvalue weighted by Crippen LogP contribution is -2.35. The van der Waals surface area contributed by atoms with Crippen molar-refractivity contribution < 1.29 is 27.5 Å². The molecule has 1 rings (SSSR count). The SMILES string of the molecule is C[C@](Cc1cccc(F)c1)(CC(F)(F)F)C(=O)O. The Hall–Kier alpha value is -1.59. The second-order valence-electron chi connectivity index (χ2n) is 4.46. The van der Waals surface area contributed by atoms with Crippen LogP contribution < -0.4 is 0 Å². The molecule has 0 unspecified atom stereocenters. The van der Waals surface area contributed by atoms with E-state index in [1.807, 2.05) is 0 Å². The number of aliphatic carboxylic acids is 1. The number of carbonyl (C=O) groups is 1. The van der Waals surface area contributed by atoms with Gasteiger partial charge in [0.25, 0.3) is 0 Å². The third-order valence-corrected chi connectivity index (χ3v) is 2.59. The Morgan fingerprint density at radius 1 is 1.33 bits per heavy atom. The lowest BCUT2D eigenvalue weighted by molar-refractivity contribution is -0.176. The first-order chi connectivity index (χ1) is 8.12. The number of carboxylic acid groups (broad SMARTS) is 1. The van der Waals surface area contributed by atoms with E-state index in [0.717, 1.165) is 19.1 Å². The van der Waals surface area contributed by atoms with Crippen LogP contribution in [-0.4, -0.2) is 17.3 Å². The van der Waals surface area contributed by atoms with Gasteiger partial charge in [-0.2, -0.15) is 13.2 Å². The molecule has 1 atom stereocenters. The molecular formula is C12H12F4O2. The zero-order valence-electron chi connectivity index (χ0n) is 9.59. The average Bonchev–Trinajstić information content (AvgIpc) is 2.13. The van der Waals surface area contributed by atoms with Crippen molar-refractivity contribution >= 4 is 5.97 Å². The largest absolute Gasteiger partial charge is 0.481 e. The molecule has 0 radical (unpaired) electrons. The van der Waals surface area contributed by atoms with E-state index in [-0.39, 0.29) is 12.0 Å². The summed E-state index contributed by atoms with van der Waals surface area (Å²) in [6.07, 6.45) is -6.41. The van der Waals surface area contributed by atoms with Gasteiger partial charge in [0, 0.05) is 0 Å². The molecule has 6 heteroatoms. The lowest BCUT2D eigenvalue weighted by atomic mass is 9.80. The van der Waals surface area contributed by atoms with Crippen molar-refractivity contribution in [1.29, 1.82) is 0 Å². The normalized spacial score (nSPS) is 15.2. The number of carboxylic acids is 1. The van der Waals surface area contributed by atoms with E-state index in [0.29, 0.717) is 0 Å². The Bertz CT molecular complexity index is 442. The zero-order chi connectivity index (χ0) is 14.0. The molecule has 0 saturated heterocycles. The first-order valence-corrected chi connectivity index (χ1v) is 5.17. The fourth-order valence-corrected chi connectivity index (χ4v) is 1.75. The molecule has 100 valence electrons. The van der Waals surface area contributed by atoms with Gasteiger partial charge in [-0.15, -0.1) is 0 Å². The molecule has 0 aliphatic rings. The number of rotatable bonds is 4. The van der Waals surface area contributed by atoms with Crippen LogP contribution in [0, 0.1) is 11.2 Å². The molecule has 1 aromatic rings. The Labute approximate surface area is 101 Å². The summed E-state index contributed by atoms with van der Waals surface area (Å²) < 4.78 is 50.0. The smallest absolute Gasteiger partial charge is 0.390 e. The highest BCUT2D eigenvalue weighted by molar-refractivity contribution is 5.74. The Kier molecular flexibility index (Phi) is 3.98. The van der Waals surface area contributed by atoms with Crippen LogP contribution in [0.15, 0.2) is 24.3 Å². The van der Waals surface area contributed by atoms with Gasteiger partial charge in [-0.25, -0.2) is 4.39 Å². The highest BCUT2D eigenvalue weighted by Crippen LogP contribution is 2.36. The van der Waals surface area contributed by atoms with Crippen molar-refractivity contribution in [2.75, 3.05) is 0 Å². The van der Waals surface area contributed by atoms with Gasteiger partial charge >= 0.3 is 12.1 Å². The van der Waals surface area contributed by atoms with Crippen LogP contribution in [0.2, 0.25) is 0 Å². The third-order valence-electron chi connectivity index (χ3n) is 2.59.